The molecule has 0 saturated carbocycles. The van der Waals surface area contributed by atoms with Crippen LogP contribution >= 0.6 is 0 Å². The third kappa shape index (κ3) is 4.04. The number of benzene rings is 1. The Morgan fingerprint density at radius 3 is 2.84 bits per heavy atom. The maximum Gasteiger partial charge on any atom is 0.164 e. The van der Waals surface area contributed by atoms with Crippen molar-refractivity contribution in [3.8, 4) is 5.75 Å². The van der Waals surface area contributed by atoms with Crippen LogP contribution in [0, 0.1) is 0 Å². The quantitative estimate of drug-likeness (QED) is 0.822. The van der Waals surface area contributed by atoms with E-state index in [0.717, 1.165) is 32.5 Å². The van der Waals surface area contributed by atoms with Crippen molar-refractivity contribution < 1.29 is 14.6 Å². The number of Topliss-reactive ketones (excluding diaryl/α,β-unsaturated/α-hetero) is 1. The molecule has 1 aromatic rings. The summed E-state index contributed by atoms with van der Waals surface area (Å²) in [6.07, 6.45) is 1.98. The molecule has 1 aliphatic rings. The fourth-order valence-electron chi connectivity index (χ4n) is 2.34. The summed E-state index contributed by atoms with van der Waals surface area (Å²) in [4.78, 5) is 14.3. The van der Waals surface area contributed by atoms with Crippen LogP contribution in [0.5, 0.6) is 5.75 Å². The molecule has 0 amide bonds. The van der Waals surface area contributed by atoms with Gasteiger partial charge in [-0.1, -0.05) is 12.1 Å². The molecule has 1 aliphatic heterocycles. The number of ether oxygens (including phenoxy) is 1. The van der Waals surface area contributed by atoms with Gasteiger partial charge in [0.1, 0.15) is 5.75 Å². The molecule has 0 aromatic heterocycles. The summed E-state index contributed by atoms with van der Waals surface area (Å²) in [5.74, 6) is 0.858. The molecule has 0 radical (unpaired) electrons. The van der Waals surface area contributed by atoms with Gasteiger partial charge in [-0.25, -0.2) is 0 Å². The number of hydrogen-bond acceptors (Lipinski definition) is 4. The van der Waals surface area contributed by atoms with Crippen LogP contribution in [0.15, 0.2) is 24.3 Å². The number of rotatable bonds is 5. The van der Waals surface area contributed by atoms with Crippen molar-refractivity contribution >= 4 is 5.78 Å². The van der Waals surface area contributed by atoms with E-state index in [2.05, 4.69) is 4.90 Å². The lowest BCUT2D eigenvalue weighted by Crippen LogP contribution is -2.37. The molecule has 0 unspecified atom stereocenters. The first-order valence-corrected chi connectivity index (χ1v) is 6.76. The predicted octanol–water partition coefficient (Wildman–Crippen LogP) is 1.72. The number of carbonyl (C=O) groups excluding carboxylic acids is 1. The van der Waals surface area contributed by atoms with Gasteiger partial charge in [0.2, 0.25) is 0 Å². The molecule has 1 fully saturated rings. The van der Waals surface area contributed by atoms with E-state index in [4.69, 9.17) is 4.74 Å². The van der Waals surface area contributed by atoms with E-state index in [1.807, 2.05) is 18.2 Å². The SMILES string of the molecule is COc1cccc(C(=O)CCN2CCC(O)CC2)c1. The van der Waals surface area contributed by atoms with E-state index in [1.54, 1.807) is 13.2 Å². The number of ketones is 1. The van der Waals surface area contributed by atoms with Crippen molar-refractivity contribution in [2.24, 2.45) is 0 Å². The lowest BCUT2D eigenvalue weighted by Gasteiger charge is -2.29. The normalized spacial score (nSPS) is 17.4. The van der Waals surface area contributed by atoms with Gasteiger partial charge in [-0.2, -0.15) is 0 Å². The van der Waals surface area contributed by atoms with Crippen LogP contribution in [-0.2, 0) is 0 Å². The third-order valence-corrected chi connectivity index (χ3v) is 3.60. The van der Waals surface area contributed by atoms with Gasteiger partial charge in [0.05, 0.1) is 13.2 Å². The molecule has 1 aromatic carbocycles. The van der Waals surface area contributed by atoms with Crippen molar-refractivity contribution in [1.29, 1.82) is 0 Å². The van der Waals surface area contributed by atoms with Crippen LogP contribution in [-0.4, -0.2) is 48.6 Å². The highest BCUT2D eigenvalue weighted by atomic mass is 16.5. The Hall–Kier alpha value is -1.39. The number of aliphatic hydroxyl groups is 1. The lowest BCUT2D eigenvalue weighted by atomic mass is 10.1. The largest absolute Gasteiger partial charge is 0.497 e. The molecular weight excluding hydrogens is 242 g/mol. The average molecular weight is 263 g/mol. The Kier molecular flexibility index (Phi) is 4.93. The molecule has 1 N–H and O–H groups in total. The Bertz CT molecular complexity index is 425. The Morgan fingerprint density at radius 1 is 1.42 bits per heavy atom. The van der Waals surface area contributed by atoms with Crippen LogP contribution in [0.25, 0.3) is 0 Å². The van der Waals surface area contributed by atoms with Gasteiger partial charge in [-0.05, 0) is 25.0 Å². The van der Waals surface area contributed by atoms with Crippen LogP contribution in [0.4, 0.5) is 0 Å². The number of methoxy groups -OCH3 is 1. The number of aliphatic hydroxyl groups excluding tert-OH is 1. The van der Waals surface area contributed by atoms with E-state index in [0.29, 0.717) is 17.7 Å². The van der Waals surface area contributed by atoms with Gasteiger partial charge in [0.25, 0.3) is 0 Å². The summed E-state index contributed by atoms with van der Waals surface area (Å²) in [6.45, 7) is 2.53. The van der Waals surface area contributed by atoms with E-state index in [9.17, 15) is 9.90 Å². The minimum atomic E-state index is -0.162. The maximum atomic E-state index is 12.1. The smallest absolute Gasteiger partial charge is 0.164 e. The molecule has 0 bridgehead atoms. The fraction of sp³-hybridized carbons (Fsp3) is 0.533. The fourth-order valence-corrected chi connectivity index (χ4v) is 2.34. The Morgan fingerprint density at radius 2 is 2.16 bits per heavy atom. The second kappa shape index (κ2) is 6.68. The van der Waals surface area contributed by atoms with E-state index in [-0.39, 0.29) is 11.9 Å². The highest BCUT2D eigenvalue weighted by Gasteiger charge is 2.17. The topological polar surface area (TPSA) is 49.8 Å². The monoisotopic (exact) mass is 263 g/mol. The predicted molar refractivity (Wildman–Crippen MR) is 73.6 cm³/mol. The van der Waals surface area contributed by atoms with Crippen LogP contribution in [0.1, 0.15) is 29.6 Å². The van der Waals surface area contributed by atoms with Crippen molar-refractivity contribution in [3.63, 3.8) is 0 Å². The highest BCUT2D eigenvalue weighted by Crippen LogP contribution is 2.15. The van der Waals surface area contributed by atoms with Gasteiger partial charge in [0, 0.05) is 31.6 Å². The lowest BCUT2D eigenvalue weighted by molar-refractivity contribution is 0.0778. The molecular formula is C15H21NO3. The van der Waals surface area contributed by atoms with Crippen molar-refractivity contribution in [3.05, 3.63) is 29.8 Å². The van der Waals surface area contributed by atoms with Crippen LogP contribution in [0.2, 0.25) is 0 Å². The molecule has 1 heterocycles. The molecule has 2 rings (SSSR count). The number of hydrogen-bond donors (Lipinski definition) is 1. The number of carbonyl (C=O) groups is 1. The van der Waals surface area contributed by atoms with Crippen molar-refractivity contribution in [2.45, 2.75) is 25.4 Å². The standard InChI is InChI=1S/C15H21NO3/c1-19-14-4-2-3-12(11-14)15(18)7-10-16-8-5-13(17)6-9-16/h2-4,11,13,17H,5-10H2,1H3. The number of nitrogens with zero attached hydrogens (tertiary/aromatic N) is 1. The summed E-state index contributed by atoms with van der Waals surface area (Å²) in [7, 11) is 1.60. The zero-order chi connectivity index (χ0) is 13.7. The zero-order valence-electron chi connectivity index (χ0n) is 11.3. The van der Waals surface area contributed by atoms with Crippen LogP contribution < -0.4 is 4.74 Å². The van der Waals surface area contributed by atoms with Gasteiger partial charge < -0.3 is 14.7 Å². The number of piperidine rings is 1. The molecule has 0 aliphatic carbocycles. The molecule has 104 valence electrons. The maximum absolute atomic E-state index is 12.1. The first kappa shape index (κ1) is 14.0. The first-order chi connectivity index (χ1) is 9.19. The summed E-state index contributed by atoms with van der Waals surface area (Å²) in [6, 6.07) is 7.28. The van der Waals surface area contributed by atoms with E-state index >= 15 is 0 Å². The molecule has 1 saturated heterocycles. The first-order valence-electron chi connectivity index (χ1n) is 6.76. The highest BCUT2D eigenvalue weighted by molar-refractivity contribution is 5.96. The Labute approximate surface area is 114 Å². The molecule has 4 nitrogen and oxygen atoms in total. The van der Waals surface area contributed by atoms with E-state index in [1.165, 1.54) is 0 Å². The molecule has 0 spiro atoms. The second-order valence-electron chi connectivity index (χ2n) is 4.98. The summed E-state index contributed by atoms with van der Waals surface area (Å²) in [5.41, 5.74) is 0.705. The minimum absolute atomic E-state index is 0.144. The second-order valence-corrected chi connectivity index (χ2v) is 4.98. The average Bonchev–Trinajstić information content (AvgIpc) is 2.46. The summed E-state index contributed by atoms with van der Waals surface area (Å²) < 4.78 is 5.12. The van der Waals surface area contributed by atoms with Gasteiger partial charge in [0.15, 0.2) is 5.78 Å². The van der Waals surface area contributed by atoms with Crippen molar-refractivity contribution in [2.75, 3.05) is 26.7 Å². The molecule has 0 atom stereocenters. The van der Waals surface area contributed by atoms with Crippen molar-refractivity contribution in [1.82, 2.24) is 4.90 Å². The summed E-state index contributed by atoms with van der Waals surface area (Å²) in [5, 5.41) is 9.43. The van der Waals surface area contributed by atoms with E-state index < -0.39 is 0 Å². The van der Waals surface area contributed by atoms with Crippen LogP contribution in [0.3, 0.4) is 0 Å². The zero-order valence-corrected chi connectivity index (χ0v) is 11.3. The molecule has 19 heavy (non-hydrogen) atoms. The minimum Gasteiger partial charge on any atom is -0.497 e. The Balaban J connectivity index is 1.83. The third-order valence-electron chi connectivity index (χ3n) is 3.60. The van der Waals surface area contributed by atoms with Gasteiger partial charge in [-0.15, -0.1) is 0 Å². The molecule has 4 heteroatoms. The summed E-state index contributed by atoms with van der Waals surface area (Å²) >= 11 is 0. The number of likely N-dealkylation sites (tertiary alicyclic amines) is 1. The van der Waals surface area contributed by atoms with Gasteiger partial charge >= 0.3 is 0 Å². The van der Waals surface area contributed by atoms with Gasteiger partial charge in [-0.3, -0.25) is 4.79 Å².